The van der Waals surface area contributed by atoms with Crippen molar-refractivity contribution in [3.63, 3.8) is 0 Å². The van der Waals surface area contributed by atoms with Crippen molar-refractivity contribution < 1.29 is 79.5 Å². The first-order valence-corrected chi connectivity index (χ1v) is 11.6. The molecule has 15 atom stereocenters. The van der Waals surface area contributed by atoms with Crippen LogP contribution in [-0.4, -0.2) is 169 Å². The molecule has 0 aromatic rings. The molecule has 3 aliphatic rings. The van der Waals surface area contributed by atoms with E-state index in [0.717, 1.165) is 6.92 Å². The number of carbonyl (C=O) groups is 1. The van der Waals surface area contributed by atoms with E-state index in [-0.39, 0.29) is 0 Å². The molecule has 1 amide bonds. The van der Waals surface area contributed by atoms with Gasteiger partial charge in [0.25, 0.3) is 0 Å². The monoisotopic (exact) mass is 545 g/mol. The van der Waals surface area contributed by atoms with E-state index in [0.29, 0.717) is 0 Å². The second kappa shape index (κ2) is 12.8. The topological polar surface area (TPSA) is 278 Å². The zero-order valence-electron chi connectivity index (χ0n) is 19.7. The molecule has 3 fully saturated rings. The largest absolute Gasteiger partial charge is 0.394 e. The molecule has 0 aromatic heterocycles. The fourth-order valence-electron chi connectivity index (χ4n) is 4.45. The summed E-state index contributed by atoms with van der Waals surface area (Å²) in [6.07, 6.45) is -23.5. The predicted molar refractivity (Wildman–Crippen MR) is 113 cm³/mol. The molecule has 3 heterocycles. The Labute approximate surface area is 210 Å². The maximum Gasteiger partial charge on any atom is 0.217 e. The number of nitrogens with one attached hydrogen (secondary N) is 1. The van der Waals surface area contributed by atoms with Gasteiger partial charge in [0.2, 0.25) is 5.91 Å². The summed E-state index contributed by atoms with van der Waals surface area (Å²) in [7, 11) is 0. The molecule has 3 rings (SSSR count). The molecule has 0 saturated carbocycles. The van der Waals surface area contributed by atoms with Crippen LogP contribution < -0.4 is 5.32 Å². The van der Waals surface area contributed by atoms with Gasteiger partial charge in [-0.05, 0) is 0 Å². The van der Waals surface area contributed by atoms with Gasteiger partial charge in [0.15, 0.2) is 18.9 Å². The Hall–Kier alpha value is -1.13. The van der Waals surface area contributed by atoms with Crippen molar-refractivity contribution in [2.45, 2.75) is 99.0 Å². The van der Waals surface area contributed by atoms with Gasteiger partial charge in [0.05, 0.1) is 19.8 Å². The molecular formula is C20H35NO16. The lowest BCUT2D eigenvalue weighted by Gasteiger charge is -2.49. The summed E-state index contributed by atoms with van der Waals surface area (Å²) in [6.45, 7) is -1.27. The number of ether oxygens (including phenoxy) is 5. The second-order valence-electron chi connectivity index (χ2n) is 9.07. The summed E-state index contributed by atoms with van der Waals surface area (Å²) in [5.74, 6) is -0.677. The molecule has 216 valence electrons. The molecule has 17 heteroatoms. The highest BCUT2D eigenvalue weighted by Gasteiger charge is 2.54. The Balaban J connectivity index is 1.93. The molecule has 11 N–H and O–H groups in total. The van der Waals surface area contributed by atoms with E-state index < -0.39 is 118 Å². The molecule has 3 saturated heterocycles. The van der Waals surface area contributed by atoms with E-state index in [9.17, 15) is 55.9 Å². The van der Waals surface area contributed by atoms with Gasteiger partial charge in [-0.15, -0.1) is 0 Å². The Bertz CT molecular complexity index is 743. The van der Waals surface area contributed by atoms with E-state index in [1.807, 2.05) is 0 Å². The van der Waals surface area contributed by atoms with E-state index in [4.69, 9.17) is 23.7 Å². The number of hydrogen-bond acceptors (Lipinski definition) is 16. The molecule has 0 spiro atoms. The minimum absolute atomic E-state index is 0.677. The van der Waals surface area contributed by atoms with Crippen molar-refractivity contribution in [1.82, 2.24) is 5.32 Å². The number of aliphatic hydroxyl groups is 10. The van der Waals surface area contributed by atoms with Crippen LogP contribution in [0.5, 0.6) is 0 Å². The molecule has 1 unspecified atom stereocenters. The van der Waals surface area contributed by atoms with Crippen molar-refractivity contribution >= 4 is 5.91 Å². The van der Waals surface area contributed by atoms with Gasteiger partial charge in [-0.1, -0.05) is 0 Å². The van der Waals surface area contributed by atoms with Crippen molar-refractivity contribution in [1.29, 1.82) is 0 Å². The minimum atomic E-state index is -1.89. The fourth-order valence-corrected chi connectivity index (χ4v) is 4.45. The number of aliphatic hydroxyl groups excluding tert-OH is 10. The normalized spacial score (nSPS) is 49.0. The molecule has 0 aromatic carbocycles. The Morgan fingerprint density at radius 2 is 1.08 bits per heavy atom. The number of amides is 1. The highest BCUT2D eigenvalue weighted by molar-refractivity contribution is 5.73. The number of carbonyl (C=O) groups excluding carboxylic acids is 1. The lowest BCUT2D eigenvalue weighted by atomic mass is 9.94. The standard InChI is InChI=1S/C20H35NO16/c1-5(25)21-9-17(37-20-15(31)13(29)11(27)7(3-23)35-20)16(8(4-24)33-18(9)32)36-19-14(30)12(28)10(26)6(2-22)34-19/h6-20,22-24,26-32H,2-4H2,1H3,(H,21,25)/t6-,7-,8-,9-,10+,11+,12+,13+,14-,15-,16+,17-,18?,19+,20+/m1/s1. The van der Waals surface area contributed by atoms with Crippen LogP contribution in [0.25, 0.3) is 0 Å². The van der Waals surface area contributed by atoms with Gasteiger partial charge in [-0.2, -0.15) is 0 Å². The van der Waals surface area contributed by atoms with Crippen LogP contribution in [0.2, 0.25) is 0 Å². The molecular weight excluding hydrogens is 510 g/mol. The summed E-state index contributed by atoms with van der Waals surface area (Å²) < 4.78 is 27.5. The van der Waals surface area contributed by atoms with E-state index in [2.05, 4.69) is 5.32 Å². The maximum absolute atomic E-state index is 11.9. The summed E-state index contributed by atoms with van der Waals surface area (Å²) >= 11 is 0. The van der Waals surface area contributed by atoms with Crippen molar-refractivity contribution in [2.75, 3.05) is 19.8 Å². The lowest BCUT2D eigenvalue weighted by Crippen LogP contribution is -2.69. The first-order valence-electron chi connectivity index (χ1n) is 11.6. The van der Waals surface area contributed by atoms with Crippen LogP contribution in [0, 0.1) is 0 Å². The molecule has 17 nitrogen and oxygen atoms in total. The van der Waals surface area contributed by atoms with Crippen LogP contribution >= 0.6 is 0 Å². The Kier molecular flexibility index (Phi) is 10.5. The second-order valence-corrected chi connectivity index (χ2v) is 9.07. The number of hydrogen-bond donors (Lipinski definition) is 11. The fraction of sp³-hybridized carbons (Fsp3) is 0.950. The maximum atomic E-state index is 11.9. The van der Waals surface area contributed by atoms with Gasteiger partial charge in [-0.3, -0.25) is 4.79 Å². The first kappa shape index (κ1) is 30.4. The number of rotatable bonds is 8. The summed E-state index contributed by atoms with van der Waals surface area (Å²) in [5.41, 5.74) is 0. The predicted octanol–water partition coefficient (Wildman–Crippen LogP) is -7.43. The van der Waals surface area contributed by atoms with Gasteiger partial charge in [0, 0.05) is 6.92 Å². The third-order valence-corrected chi connectivity index (χ3v) is 6.49. The van der Waals surface area contributed by atoms with Crippen LogP contribution in [0.4, 0.5) is 0 Å². The summed E-state index contributed by atoms with van der Waals surface area (Å²) in [4.78, 5) is 11.9. The van der Waals surface area contributed by atoms with E-state index >= 15 is 0 Å². The van der Waals surface area contributed by atoms with Crippen LogP contribution in [-0.2, 0) is 28.5 Å². The average Bonchev–Trinajstić information content (AvgIpc) is 2.87. The van der Waals surface area contributed by atoms with Crippen molar-refractivity contribution in [2.24, 2.45) is 0 Å². The SMILES string of the molecule is CC(=O)N[C@H]1C(O)O[C@H](CO)[C@H](O[C@@H]2O[C@H](CO)[C@H](O)[C@H](O)[C@H]2O)[C@@H]1O[C@@H]1O[C@H](CO)[C@H](O)[C@H](O)[C@H]1O. The Morgan fingerprint density at radius 1 is 0.649 bits per heavy atom. The van der Waals surface area contributed by atoms with Crippen molar-refractivity contribution in [3.8, 4) is 0 Å². The van der Waals surface area contributed by atoms with Gasteiger partial charge >= 0.3 is 0 Å². The van der Waals surface area contributed by atoms with Crippen LogP contribution in [0.1, 0.15) is 6.92 Å². The third kappa shape index (κ3) is 6.38. The van der Waals surface area contributed by atoms with Gasteiger partial charge in [0.1, 0.15) is 73.2 Å². The van der Waals surface area contributed by atoms with Crippen molar-refractivity contribution in [3.05, 3.63) is 0 Å². The van der Waals surface area contributed by atoms with Crippen LogP contribution in [0.3, 0.4) is 0 Å². The van der Waals surface area contributed by atoms with Crippen LogP contribution in [0.15, 0.2) is 0 Å². The minimum Gasteiger partial charge on any atom is -0.394 e. The van der Waals surface area contributed by atoms with Gasteiger partial charge in [-0.25, -0.2) is 0 Å². The molecule has 0 bridgehead atoms. The zero-order chi connectivity index (χ0) is 27.6. The highest BCUT2D eigenvalue weighted by Crippen LogP contribution is 2.32. The molecule has 0 aliphatic carbocycles. The lowest BCUT2D eigenvalue weighted by molar-refractivity contribution is -0.372. The van der Waals surface area contributed by atoms with E-state index in [1.165, 1.54) is 0 Å². The quantitative estimate of drug-likeness (QED) is 0.135. The first-order chi connectivity index (χ1) is 17.4. The molecule has 37 heavy (non-hydrogen) atoms. The van der Waals surface area contributed by atoms with E-state index in [1.54, 1.807) is 0 Å². The van der Waals surface area contributed by atoms with Gasteiger partial charge < -0.3 is 80.1 Å². The summed E-state index contributed by atoms with van der Waals surface area (Å²) in [6, 6.07) is -1.47. The molecule has 0 radical (unpaired) electrons. The third-order valence-electron chi connectivity index (χ3n) is 6.49. The average molecular weight is 545 g/mol. The molecule has 3 aliphatic heterocycles. The summed E-state index contributed by atoms with van der Waals surface area (Å²) in [5, 5.41) is 103. The zero-order valence-corrected chi connectivity index (χ0v) is 19.7. The Morgan fingerprint density at radius 3 is 1.49 bits per heavy atom. The highest BCUT2D eigenvalue weighted by atomic mass is 16.7. The smallest absolute Gasteiger partial charge is 0.217 e.